The van der Waals surface area contributed by atoms with Gasteiger partial charge in [0.05, 0.1) is 0 Å². The minimum Gasteiger partial charge on any atom is -0.480 e. The molecule has 0 unspecified atom stereocenters. The zero-order chi connectivity index (χ0) is 14.1. The molecule has 3 rings (SSSR count). The number of carboxylic acid groups (broad SMARTS) is 1. The molecule has 106 valence electrons. The second-order valence-electron chi connectivity index (χ2n) is 5.77. The first kappa shape index (κ1) is 13.2. The molecular formula is C16H19NO3. The highest BCUT2D eigenvalue weighted by Gasteiger charge is 2.37. The third-order valence-electron chi connectivity index (χ3n) is 4.52. The number of amides is 1. The normalized spacial score (nSPS) is 22.6. The molecule has 0 aromatic heterocycles. The van der Waals surface area contributed by atoms with Gasteiger partial charge in [-0.05, 0) is 24.0 Å². The van der Waals surface area contributed by atoms with Gasteiger partial charge in [0.2, 0.25) is 5.91 Å². The van der Waals surface area contributed by atoms with Gasteiger partial charge < -0.3 is 10.0 Å². The molecule has 0 spiro atoms. The van der Waals surface area contributed by atoms with E-state index in [4.69, 9.17) is 0 Å². The molecule has 1 aromatic rings. The molecule has 0 saturated heterocycles. The molecule has 1 aliphatic carbocycles. The summed E-state index contributed by atoms with van der Waals surface area (Å²) < 4.78 is 0. The van der Waals surface area contributed by atoms with Crippen LogP contribution in [0.4, 0.5) is 0 Å². The molecule has 1 saturated carbocycles. The fourth-order valence-electron chi connectivity index (χ4n) is 3.38. The summed E-state index contributed by atoms with van der Waals surface area (Å²) in [4.78, 5) is 25.7. The average molecular weight is 273 g/mol. The Labute approximate surface area is 118 Å². The van der Waals surface area contributed by atoms with Crippen molar-refractivity contribution in [2.24, 2.45) is 5.92 Å². The number of benzene rings is 1. The van der Waals surface area contributed by atoms with Gasteiger partial charge in [0.1, 0.15) is 6.04 Å². The van der Waals surface area contributed by atoms with Crippen molar-refractivity contribution in [3.05, 3.63) is 35.4 Å². The van der Waals surface area contributed by atoms with Crippen molar-refractivity contribution < 1.29 is 14.7 Å². The van der Waals surface area contributed by atoms with E-state index in [1.807, 2.05) is 24.3 Å². The van der Waals surface area contributed by atoms with Crippen molar-refractivity contribution in [1.29, 1.82) is 0 Å². The summed E-state index contributed by atoms with van der Waals surface area (Å²) in [6.45, 7) is 0.433. The predicted octanol–water partition coefficient (Wildman–Crippen LogP) is 2.21. The summed E-state index contributed by atoms with van der Waals surface area (Å²) in [5, 5.41) is 9.43. The molecule has 1 N–H and O–H groups in total. The minimum absolute atomic E-state index is 0.0297. The molecule has 2 aliphatic rings. The molecule has 1 aliphatic heterocycles. The number of hydrogen-bond acceptors (Lipinski definition) is 2. The summed E-state index contributed by atoms with van der Waals surface area (Å²) in [5.74, 6) is -0.836. The number of aliphatic carboxylic acids is 1. The zero-order valence-electron chi connectivity index (χ0n) is 11.4. The van der Waals surface area contributed by atoms with Gasteiger partial charge in [-0.3, -0.25) is 4.79 Å². The van der Waals surface area contributed by atoms with Gasteiger partial charge >= 0.3 is 5.97 Å². The lowest BCUT2D eigenvalue weighted by Gasteiger charge is -2.36. The SMILES string of the molecule is O=C(O)[C@@H]1Cc2ccccc2CN1C(=O)C1CCCC1. The van der Waals surface area contributed by atoms with Gasteiger partial charge in [-0.1, -0.05) is 37.1 Å². The number of rotatable bonds is 2. The summed E-state index contributed by atoms with van der Waals surface area (Å²) >= 11 is 0. The van der Waals surface area contributed by atoms with Gasteiger partial charge in [0.25, 0.3) is 0 Å². The van der Waals surface area contributed by atoms with E-state index in [-0.39, 0.29) is 11.8 Å². The lowest BCUT2D eigenvalue weighted by Crippen LogP contribution is -2.50. The standard InChI is InChI=1S/C16H19NO3/c18-15(11-5-1-2-6-11)17-10-13-8-4-3-7-12(13)9-14(17)16(19)20/h3-4,7-8,11,14H,1-2,5-6,9-10H2,(H,19,20)/t14-/m0/s1. The molecule has 20 heavy (non-hydrogen) atoms. The molecule has 1 amide bonds. The summed E-state index contributed by atoms with van der Waals surface area (Å²) in [6, 6.07) is 7.10. The van der Waals surface area contributed by atoms with Gasteiger partial charge in [0.15, 0.2) is 0 Å². The van der Waals surface area contributed by atoms with Crippen molar-refractivity contribution in [3.8, 4) is 0 Å². The summed E-state index contributed by atoms with van der Waals surface area (Å²) in [6.07, 6.45) is 4.40. The maximum Gasteiger partial charge on any atom is 0.326 e. The Kier molecular flexibility index (Phi) is 3.47. The monoisotopic (exact) mass is 273 g/mol. The fourth-order valence-corrected chi connectivity index (χ4v) is 3.38. The van der Waals surface area contributed by atoms with Crippen LogP contribution in [0.3, 0.4) is 0 Å². The van der Waals surface area contributed by atoms with Gasteiger partial charge in [-0.25, -0.2) is 4.79 Å². The highest BCUT2D eigenvalue weighted by atomic mass is 16.4. The Hall–Kier alpha value is -1.84. The summed E-state index contributed by atoms with van der Waals surface area (Å²) in [7, 11) is 0. The Balaban J connectivity index is 1.88. The van der Waals surface area contributed by atoms with Crippen molar-refractivity contribution >= 4 is 11.9 Å². The second-order valence-corrected chi connectivity index (χ2v) is 5.77. The van der Waals surface area contributed by atoms with E-state index in [1.54, 1.807) is 4.90 Å². The first-order valence-electron chi connectivity index (χ1n) is 7.27. The van der Waals surface area contributed by atoms with E-state index in [0.717, 1.165) is 36.8 Å². The van der Waals surface area contributed by atoms with Gasteiger partial charge in [-0.2, -0.15) is 0 Å². The number of carbonyl (C=O) groups excluding carboxylic acids is 1. The molecule has 0 bridgehead atoms. The van der Waals surface area contributed by atoms with Crippen molar-refractivity contribution in [2.45, 2.75) is 44.7 Å². The van der Waals surface area contributed by atoms with Crippen LogP contribution in [-0.2, 0) is 22.6 Å². The Bertz CT molecular complexity index is 534. The van der Waals surface area contributed by atoms with E-state index in [1.165, 1.54) is 0 Å². The smallest absolute Gasteiger partial charge is 0.326 e. The van der Waals surface area contributed by atoms with Gasteiger partial charge in [0, 0.05) is 18.9 Å². The van der Waals surface area contributed by atoms with E-state index < -0.39 is 12.0 Å². The maximum atomic E-state index is 12.6. The van der Waals surface area contributed by atoms with E-state index >= 15 is 0 Å². The predicted molar refractivity (Wildman–Crippen MR) is 74.1 cm³/mol. The number of fused-ring (bicyclic) bond motifs is 1. The third kappa shape index (κ3) is 2.30. The number of carbonyl (C=O) groups is 2. The minimum atomic E-state index is -0.897. The first-order valence-corrected chi connectivity index (χ1v) is 7.27. The number of carboxylic acids is 1. The van der Waals surface area contributed by atoms with Crippen LogP contribution < -0.4 is 0 Å². The summed E-state index contributed by atoms with van der Waals surface area (Å²) in [5.41, 5.74) is 2.13. The third-order valence-corrected chi connectivity index (χ3v) is 4.52. The highest BCUT2D eigenvalue weighted by Crippen LogP contribution is 2.31. The number of nitrogens with zero attached hydrogens (tertiary/aromatic N) is 1. The lowest BCUT2D eigenvalue weighted by molar-refractivity contribution is -0.153. The second kappa shape index (κ2) is 5.27. The average Bonchev–Trinajstić information content (AvgIpc) is 2.99. The molecule has 1 heterocycles. The number of hydrogen-bond donors (Lipinski definition) is 1. The zero-order valence-corrected chi connectivity index (χ0v) is 11.4. The van der Waals surface area contributed by atoms with Gasteiger partial charge in [-0.15, -0.1) is 0 Å². The van der Waals surface area contributed by atoms with Crippen molar-refractivity contribution in [2.75, 3.05) is 0 Å². The fraction of sp³-hybridized carbons (Fsp3) is 0.500. The van der Waals surface area contributed by atoms with Crippen LogP contribution in [-0.4, -0.2) is 27.9 Å². The van der Waals surface area contributed by atoms with Crippen LogP contribution in [0.15, 0.2) is 24.3 Å². The Morgan fingerprint density at radius 1 is 1.10 bits per heavy atom. The molecule has 4 nitrogen and oxygen atoms in total. The Morgan fingerprint density at radius 2 is 1.75 bits per heavy atom. The molecule has 1 aromatic carbocycles. The van der Waals surface area contributed by atoms with Crippen LogP contribution >= 0.6 is 0 Å². The molecular weight excluding hydrogens is 254 g/mol. The lowest BCUT2D eigenvalue weighted by atomic mass is 9.92. The van der Waals surface area contributed by atoms with E-state index in [2.05, 4.69) is 0 Å². The van der Waals surface area contributed by atoms with Crippen molar-refractivity contribution in [1.82, 2.24) is 4.90 Å². The van der Waals surface area contributed by atoms with Crippen LogP contribution in [0.25, 0.3) is 0 Å². The van der Waals surface area contributed by atoms with E-state index in [9.17, 15) is 14.7 Å². The molecule has 4 heteroatoms. The molecule has 1 fully saturated rings. The molecule has 0 radical (unpaired) electrons. The van der Waals surface area contributed by atoms with Crippen LogP contribution in [0.1, 0.15) is 36.8 Å². The van der Waals surface area contributed by atoms with Crippen molar-refractivity contribution in [3.63, 3.8) is 0 Å². The van der Waals surface area contributed by atoms with Crippen LogP contribution in [0, 0.1) is 5.92 Å². The van der Waals surface area contributed by atoms with Crippen LogP contribution in [0.5, 0.6) is 0 Å². The van der Waals surface area contributed by atoms with Crippen LogP contribution in [0.2, 0.25) is 0 Å². The first-order chi connectivity index (χ1) is 9.66. The molecule has 1 atom stereocenters. The maximum absolute atomic E-state index is 12.6. The van der Waals surface area contributed by atoms with E-state index in [0.29, 0.717) is 13.0 Å². The largest absolute Gasteiger partial charge is 0.480 e. The highest BCUT2D eigenvalue weighted by molar-refractivity contribution is 5.86. The topological polar surface area (TPSA) is 57.6 Å². The quantitative estimate of drug-likeness (QED) is 0.898. The Morgan fingerprint density at radius 3 is 2.40 bits per heavy atom.